The van der Waals surface area contributed by atoms with Crippen LogP contribution in [0.25, 0.3) is 0 Å². The predicted octanol–water partition coefficient (Wildman–Crippen LogP) is 2.73. The third-order valence-electron chi connectivity index (χ3n) is 2.64. The fraction of sp³-hybridized carbons (Fsp3) is 0.538. The zero-order chi connectivity index (χ0) is 11.5. The zero-order valence-corrected chi connectivity index (χ0v) is 9.70. The number of aryl methyl sites for hydroxylation is 1. The van der Waals surface area contributed by atoms with Crippen molar-refractivity contribution in [2.45, 2.75) is 39.7 Å². The van der Waals surface area contributed by atoms with Gasteiger partial charge in [-0.25, -0.2) is 0 Å². The lowest BCUT2D eigenvalue weighted by Gasteiger charge is -2.25. The van der Waals surface area contributed by atoms with Crippen molar-refractivity contribution in [3.63, 3.8) is 0 Å². The Hall–Kier alpha value is -1.02. The van der Waals surface area contributed by atoms with Crippen LogP contribution in [0.4, 0.5) is 0 Å². The number of hydrogen-bond donors (Lipinski definition) is 2. The highest BCUT2D eigenvalue weighted by molar-refractivity contribution is 5.25. The molecule has 0 amide bonds. The minimum Gasteiger partial charge on any atom is -0.508 e. The van der Waals surface area contributed by atoms with Gasteiger partial charge in [-0.15, -0.1) is 0 Å². The highest BCUT2D eigenvalue weighted by atomic mass is 16.3. The molecule has 0 bridgehead atoms. The average Bonchev–Trinajstić information content (AvgIpc) is 2.15. The molecule has 1 aromatic carbocycles. The largest absolute Gasteiger partial charge is 0.508 e. The fourth-order valence-corrected chi connectivity index (χ4v) is 1.40. The second-order valence-electron chi connectivity index (χ2n) is 5.09. The molecule has 0 saturated carbocycles. The number of rotatable bonds is 3. The van der Waals surface area contributed by atoms with Crippen molar-refractivity contribution in [2.75, 3.05) is 0 Å². The van der Waals surface area contributed by atoms with Crippen LogP contribution in [-0.2, 0) is 6.42 Å². The zero-order valence-electron chi connectivity index (χ0n) is 9.70. The van der Waals surface area contributed by atoms with Crippen LogP contribution in [-0.4, -0.2) is 16.3 Å². The van der Waals surface area contributed by atoms with E-state index in [2.05, 4.69) is 0 Å². The Morgan fingerprint density at radius 1 is 1.13 bits per heavy atom. The normalized spacial score (nSPS) is 13.9. The topological polar surface area (TPSA) is 40.5 Å². The molecule has 1 unspecified atom stereocenters. The summed E-state index contributed by atoms with van der Waals surface area (Å²) in [6.45, 7) is 6.11. The lowest BCUT2D eigenvalue weighted by atomic mass is 9.86. The van der Waals surface area contributed by atoms with Gasteiger partial charge in [-0.2, -0.15) is 0 Å². The molecule has 1 atom stereocenters. The van der Waals surface area contributed by atoms with E-state index in [1.165, 1.54) is 0 Å². The number of benzene rings is 1. The molecule has 2 N–H and O–H groups in total. The Kier molecular flexibility index (Phi) is 3.75. The molecule has 0 radical (unpaired) electrons. The van der Waals surface area contributed by atoms with E-state index in [1.807, 2.05) is 32.9 Å². The van der Waals surface area contributed by atoms with E-state index in [-0.39, 0.29) is 17.3 Å². The lowest BCUT2D eigenvalue weighted by Crippen LogP contribution is -2.26. The first kappa shape index (κ1) is 12.1. The number of aromatic hydroxyl groups is 1. The molecule has 0 aliphatic rings. The number of aliphatic hydroxyl groups excluding tert-OH is 1. The van der Waals surface area contributed by atoms with E-state index >= 15 is 0 Å². The van der Waals surface area contributed by atoms with Gasteiger partial charge < -0.3 is 10.2 Å². The molecule has 2 nitrogen and oxygen atoms in total. The minimum absolute atomic E-state index is 0.0586. The summed E-state index contributed by atoms with van der Waals surface area (Å²) in [6, 6.07) is 7.15. The molecular formula is C13H20O2. The summed E-state index contributed by atoms with van der Waals surface area (Å²) in [6.07, 6.45) is 1.32. The monoisotopic (exact) mass is 208 g/mol. The fourth-order valence-electron chi connectivity index (χ4n) is 1.40. The van der Waals surface area contributed by atoms with Crippen LogP contribution in [0.5, 0.6) is 5.75 Å². The predicted molar refractivity (Wildman–Crippen MR) is 61.9 cm³/mol. The summed E-state index contributed by atoms with van der Waals surface area (Å²) >= 11 is 0. The van der Waals surface area contributed by atoms with E-state index in [0.29, 0.717) is 0 Å². The van der Waals surface area contributed by atoms with Gasteiger partial charge in [-0.3, -0.25) is 0 Å². The van der Waals surface area contributed by atoms with Crippen LogP contribution < -0.4 is 0 Å². The van der Waals surface area contributed by atoms with Gasteiger partial charge >= 0.3 is 0 Å². The van der Waals surface area contributed by atoms with E-state index in [0.717, 1.165) is 18.4 Å². The SMILES string of the molecule is CC(C)(C)C(O)CCc1ccc(O)cc1. The number of phenolic OH excluding ortho intramolecular Hbond substituents is 1. The maximum Gasteiger partial charge on any atom is 0.115 e. The maximum absolute atomic E-state index is 9.85. The molecule has 0 heterocycles. The first-order valence-electron chi connectivity index (χ1n) is 5.35. The van der Waals surface area contributed by atoms with Gasteiger partial charge in [0, 0.05) is 0 Å². The van der Waals surface area contributed by atoms with Crippen molar-refractivity contribution >= 4 is 0 Å². The second kappa shape index (κ2) is 4.67. The molecular weight excluding hydrogens is 188 g/mol. The molecule has 2 heteroatoms. The second-order valence-corrected chi connectivity index (χ2v) is 5.09. The van der Waals surface area contributed by atoms with Gasteiger partial charge in [0.2, 0.25) is 0 Å². The number of aliphatic hydroxyl groups is 1. The van der Waals surface area contributed by atoms with Crippen LogP contribution in [0.3, 0.4) is 0 Å². The Labute approximate surface area is 91.6 Å². The first-order chi connectivity index (χ1) is 6.89. The van der Waals surface area contributed by atoms with Crippen molar-refractivity contribution in [1.29, 1.82) is 0 Å². The van der Waals surface area contributed by atoms with Crippen LogP contribution >= 0.6 is 0 Å². The lowest BCUT2D eigenvalue weighted by molar-refractivity contribution is 0.0560. The smallest absolute Gasteiger partial charge is 0.115 e. The molecule has 15 heavy (non-hydrogen) atoms. The third-order valence-corrected chi connectivity index (χ3v) is 2.64. The average molecular weight is 208 g/mol. The number of hydrogen-bond acceptors (Lipinski definition) is 2. The highest BCUT2D eigenvalue weighted by Crippen LogP contribution is 2.23. The minimum atomic E-state index is -0.286. The van der Waals surface area contributed by atoms with Gasteiger partial charge in [-0.1, -0.05) is 32.9 Å². The van der Waals surface area contributed by atoms with Crippen molar-refractivity contribution in [3.05, 3.63) is 29.8 Å². The Balaban J connectivity index is 2.47. The molecule has 0 saturated heterocycles. The first-order valence-corrected chi connectivity index (χ1v) is 5.35. The van der Waals surface area contributed by atoms with Gasteiger partial charge in [0.1, 0.15) is 5.75 Å². The summed E-state index contributed by atoms with van der Waals surface area (Å²) in [5.41, 5.74) is 1.09. The Bertz CT molecular complexity index is 295. The summed E-state index contributed by atoms with van der Waals surface area (Å²) in [5.74, 6) is 0.287. The summed E-state index contributed by atoms with van der Waals surface area (Å²) in [7, 11) is 0. The van der Waals surface area contributed by atoms with Crippen LogP contribution in [0.15, 0.2) is 24.3 Å². The Morgan fingerprint density at radius 2 is 1.67 bits per heavy atom. The standard InChI is InChI=1S/C13H20O2/c1-13(2,3)12(15)9-6-10-4-7-11(14)8-5-10/h4-5,7-8,12,14-15H,6,9H2,1-3H3. The van der Waals surface area contributed by atoms with Gasteiger partial charge in [0.05, 0.1) is 6.10 Å². The molecule has 0 fully saturated rings. The summed E-state index contributed by atoms with van der Waals surface area (Å²) < 4.78 is 0. The summed E-state index contributed by atoms with van der Waals surface area (Å²) in [5, 5.41) is 19.0. The van der Waals surface area contributed by atoms with Gasteiger partial charge in [-0.05, 0) is 36.0 Å². The van der Waals surface area contributed by atoms with Crippen molar-refractivity contribution in [1.82, 2.24) is 0 Å². The van der Waals surface area contributed by atoms with Gasteiger partial charge in [0.25, 0.3) is 0 Å². The van der Waals surface area contributed by atoms with E-state index in [1.54, 1.807) is 12.1 Å². The van der Waals surface area contributed by atoms with Crippen LogP contribution in [0, 0.1) is 5.41 Å². The number of phenols is 1. The van der Waals surface area contributed by atoms with Crippen LogP contribution in [0.1, 0.15) is 32.8 Å². The molecule has 0 aromatic heterocycles. The molecule has 0 aliphatic carbocycles. The van der Waals surface area contributed by atoms with Gasteiger partial charge in [0.15, 0.2) is 0 Å². The van der Waals surface area contributed by atoms with E-state index in [9.17, 15) is 5.11 Å². The van der Waals surface area contributed by atoms with Crippen LogP contribution in [0.2, 0.25) is 0 Å². The molecule has 84 valence electrons. The van der Waals surface area contributed by atoms with Crippen molar-refractivity contribution < 1.29 is 10.2 Å². The van der Waals surface area contributed by atoms with E-state index < -0.39 is 0 Å². The molecule has 1 aromatic rings. The quantitative estimate of drug-likeness (QED) is 0.801. The van der Waals surface area contributed by atoms with E-state index in [4.69, 9.17) is 5.11 Å². The van der Waals surface area contributed by atoms with Crippen molar-refractivity contribution in [3.8, 4) is 5.75 Å². The van der Waals surface area contributed by atoms with Crippen molar-refractivity contribution in [2.24, 2.45) is 5.41 Å². The molecule has 0 spiro atoms. The Morgan fingerprint density at radius 3 is 2.13 bits per heavy atom. The third kappa shape index (κ3) is 3.92. The maximum atomic E-state index is 9.85. The summed E-state index contributed by atoms with van der Waals surface area (Å²) in [4.78, 5) is 0. The molecule has 1 rings (SSSR count). The molecule has 0 aliphatic heterocycles. The highest BCUT2D eigenvalue weighted by Gasteiger charge is 2.21.